The number of aromatic nitrogens is 5. The van der Waals surface area contributed by atoms with Gasteiger partial charge in [0.05, 0.1) is 41.7 Å². The van der Waals surface area contributed by atoms with Gasteiger partial charge < -0.3 is 14.8 Å². The maximum absolute atomic E-state index is 13.0. The molecule has 208 valence electrons. The Morgan fingerprint density at radius 1 is 1.02 bits per heavy atom. The monoisotopic (exact) mass is 611 g/mol. The van der Waals surface area contributed by atoms with Crippen LogP contribution in [-0.2, 0) is 22.7 Å². The summed E-state index contributed by atoms with van der Waals surface area (Å²) in [5.74, 6) is -0.551. The molecule has 5 aromatic rings. The number of nitrogens with zero attached hydrogens (tertiary/aromatic N) is 6. The Bertz CT molecular complexity index is 1790. The van der Waals surface area contributed by atoms with Gasteiger partial charge in [0.2, 0.25) is 11.8 Å². The molecule has 1 N–H and O–H groups in total. The molecule has 6 rings (SSSR count). The van der Waals surface area contributed by atoms with Crippen LogP contribution in [0.4, 0.5) is 5.69 Å². The van der Waals surface area contributed by atoms with Gasteiger partial charge in [-0.15, -0.1) is 5.10 Å². The van der Waals surface area contributed by atoms with E-state index < -0.39 is 0 Å². The van der Waals surface area contributed by atoms with Crippen molar-refractivity contribution in [2.75, 3.05) is 11.4 Å². The SMILES string of the molecule is Cc1cc2ncn(Cc3cn(-c4cccc(CNC(=O)C5CC(=O)N(c6ccc(Br)c(C)c6)C5)c4)nn3)c2cc1C. The lowest BCUT2D eigenvalue weighted by Crippen LogP contribution is -2.32. The molecule has 1 fully saturated rings. The quantitative estimate of drug-likeness (QED) is 0.279. The number of imidazole rings is 1. The molecule has 2 aromatic heterocycles. The van der Waals surface area contributed by atoms with Gasteiger partial charge in [0, 0.05) is 29.7 Å². The van der Waals surface area contributed by atoms with Crippen LogP contribution in [0, 0.1) is 26.7 Å². The summed E-state index contributed by atoms with van der Waals surface area (Å²) < 4.78 is 4.81. The fourth-order valence-corrected chi connectivity index (χ4v) is 5.43. The van der Waals surface area contributed by atoms with Crippen molar-refractivity contribution in [2.24, 2.45) is 5.92 Å². The molecule has 0 aliphatic carbocycles. The number of halogens is 1. The lowest BCUT2D eigenvalue weighted by molar-refractivity contribution is -0.126. The van der Waals surface area contributed by atoms with Crippen molar-refractivity contribution in [3.8, 4) is 5.69 Å². The first kappa shape index (κ1) is 26.9. The number of anilines is 1. The minimum Gasteiger partial charge on any atom is -0.352 e. The van der Waals surface area contributed by atoms with Gasteiger partial charge in [-0.2, -0.15) is 0 Å². The summed E-state index contributed by atoms with van der Waals surface area (Å²) in [6.07, 6.45) is 3.95. The first-order chi connectivity index (χ1) is 19.7. The van der Waals surface area contributed by atoms with Gasteiger partial charge in [-0.05, 0) is 85.5 Å². The Labute approximate surface area is 246 Å². The minimum atomic E-state index is -0.389. The molecule has 0 spiro atoms. The third-order valence-corrected chi connectivity index (χ3v) is 8.59. The Balaban J connectivity index is 1.09. The standard InChI is InChI=1S/C31H30BrN7O2/c1-19-10-28-29(11-20(19)2)37(18-34-28)16-24-17-39(36-35-24)26-6-4-5-22(12-26)14-33-31(41)23-13-30(40)38(15-23)25-7-8-27(32)21(3)9-25/h4-12,17-18,23H,13-16H2,1-3H3,(H,33,41). The van der Waals surface area contributed by atoms with Gasteiger partial charge >= 0.3 is 0 Å². The molecule has 0 radical (unpaired) electrons. The average molecular weight is 613 g/mol. The van der Waals surface area contributed by atoms with Crippen LogP contribution in [0.25, 0.3) is 16.7 Å². The molecule has 9 nitrogen and oxygen atoms in total. The zero-order valence-electron chi connectivity index (χ0n) is 23.1. The molecule has 2 amide bonds. The van der Waals surface area contributed by atoms with E-state index in [4.69, 9.17) is 0 Å². The number of aryl methyl sites for hydroxylation is 3. The molecule has 1 aliphatic heterocycles. The first-order valence-electron chi connectivity index (χ1n) is 13.5. The molecule has 3 aromatic carbocycles. The molecule has 3 heterocycles. The van der Waals surface area contributed by atoms with Gasteiger partial charge in [0.1, 0.15) is 5.69 Å². The maximum Gasteiger partial charge on any atom is 0.227 e. The Morgan fingerprint density at radius 3 is 2.68 bits per heavy atom. The lowest BCUT2D eigenvalue weighted by atomic mass is 10.1. The van der Waals surface area contributed by atoms with E-state index in [9.17, 15) is 9.59 Å². The topological polar surface area (TPSA) is 97.9 Å². The number of nitrogens with one attached hydrogen (secondary N) is 1. The minimum absolute atomic E-state index is 0.0372. The second-order valence-corrected chi connectivity index (χ2v) is 11.5. The number of hydrogen-bond donors (Lipinski definition) is 1. The highest BCUT2D eigenvalue weighted by molar-refractivity contribution is 9.10. The van der Waals surface area contributed by atoms with E-state index in [0.29, 0.717) is 19.6 Å². The van der Waals surface area contributed by atoms with Crippen LogP contribution in [0.5, 0.6) is 0 Å². The van der Waals surface area contributed by atoms with Crippen LogP contribution in [-0.4, -0.2) is 42.9 Å². The normalized spacial score (nSPS) is 15.2. The van der Waals surface area contributed by atoms with Gasteiger partial charge in [0.25, 0.3) is 0 Å². The number of benzene rings is 3. The predicted molar refractivity (Wildman–Crippen MR) is 161 cm³/mol. The second-order valence-electron chi connectivity index (χ2n) is 10.7. The smallest absolute Gasteiger partial charge is 0.227 e. The van der Waals surface area contributed by atoms with Gasteiger partial charge in [0.15, 0.2) is 0 Å². The third-order valence-electron chi connectivity index (χ3n) is 7.70. The molecule has 41 heavy (non-hydrogen) atoms. The lowest BCUT2D eigenvalue weighted by Gasteiger charge is -2.18. The van der Waals surface area contributed by atoms with E-state index in [1.54, 1.807) is 9.58 Å². The first-order valence-corrected chi connectivity index (χ1v) is 14.3. The molecule has 1 saturated heterocycles. The predicted octanol–water partition coefficient (Wildman–Crippen LogP) is 5.02. The van der Waals surface area contributed by atoms with Crippen LogP contribution in [0.2, 0.25) is 0 Å². The molecule has 10 heteroatoms. The highest BCUT2D eigenvalue weighted by atomic mass is 79.9. The van der Waals surface area contributed by atoms with Crippen molar-refractivity contribution in [1.82, 2.24) is 29.9 Å². The molecular weight excluding hydrogens is 582 g/mol. The largest absolute Gasteiger partial charge is 0.352 e. The van der Waals surface area contributed by atoms with E-state index in [-0.39, 0.29) is 24.2 Å². The summed E-state index contributed by atoms with van der Waals surface area (Å²) in [5, 5.41) is 11.7. The van der Waals surface area contributed by atoms with E-state index in [1.807, 2.05) is 61.9 Å². The summed E-state index contributed by atoms with van der Waals surface area (Å²) in [5.41, 5.74) is 8.95. The molecule has 1 aliphatic rings. The zero-order valence-corrected chi connectivity index (χ0v) is 24.7. The number of hydrogen-bond acceptors (Lipinski definition) is 5. The summed E-state index contributed by atoms with van der Waals surface area (Å²) in [6.45, 7) is 7.47. The number of carbonyl (C=O) groups excluding carboxylic acids is 2. The van der Waals surface area contributed by atoms with E-state index in [1.165, 1.54) is 11.1 Å². The van der Waals surface area contributed by atoms with E-state index in [0.717, 1.165) is 43.7 Å². The van der Waals surface area contributed by atoms with Crippen molar-refractivity contribution in [3.63, 3.8) is 0 Å². The number of rotatable bonds is 7. The van der Waals surface area contributed by atoms with E-state index in [2.05, 4.69) is 67.1 Å². The highest BCUT2D eigenvalue weighted by Crippen LogP contribution is 2.29. The van der Waals surface area contributed by atoms with Crippen molar-refractivity contribution in [2.45, 2.75) is 40.3 Å². The maximum atomic E-state index is 13.0. The van der Waals surface area contributed by atoms with E-state index >= 15 is 0 Å². The molecule has 1 atom stereocenters. The van der Waals surface area contributed by atoms with Crippen LogP contribution >= 0.6 is 15.9 Å². The Kier molecular flexibility index (Phi) is 7.17. The fourth-order valence-electron chi connectivity index (χ4n) is 5.18. The van der Waals surface area contributed by atoms with Crippen molar-refractivity contribution in [3.05, 3.63) is 99.5 Å². The summed E-state index contributed by atoms with van der Waals surface area (Å²) in [4.78, 5) is 31.9. The van der Waals surface area contributed by atoms with Crippen molar-refractivity contribution < 1.29 is 9.59 Å². The van der Waals surface area contributed by atoms with Gasteiger partial charge in [-0.3, -0.25) is 9.59 Å². The molecule has 0 saturated carbocycles. The van der Waals surface area contributed by atoms with Crippen LogP contribution < -0.4 is 10.2 Å². The number of fused-ring (bicyclic) bond motifs is 1. The second kappa shape index (κ2) is 10.9. The highest BCUT2D eigenvalue weighted by Gasteiger charge is 2.35. The average Bonchev–Trinajstić information content (AvgIpc) is 3.69. The molecular formula is C31H30BrN7O2. The van der Waals surface area contributed by atoms with Gasteiger partial charge in [-0.1, -0.05) is 33.3 Å². The summed E-state index contributed by atoms with van der Waals surface area (Å²) in [6, 6.07) is 17.9. The van der Waals surface area contributed by atoms with Crippen molar-refractivity contribution >= 4 is 44.5 Å². The summed E-state index contributed by atoms with van der Waals surface area (Å²) in [7, 11) is 0. The Hall–Kier alpha value is -4.31. The van der Waals surface area contributed by atoms with Crippen LogP contribution in [0.15, 0.2) is 71.6 Å². The van der Waals surface area contributed by atoms with Crippen LogP contribution in [0.3, 0.4) is 0 Å². The number of amides is 2. The van der Waals surface area contributed by atoms with Gasteiger partial charge in [-0.25, -0.2) is 9.67 Å². The molecule has 0 bridgehead atoms. The van der Waals surface area contributed by atoms with Crippen molar-refractivity contribution in [1.29, 1.82) is 0 Å². The van der Waals surface area contributed by atoms with Crippen LogP contribution in [0.1, 0.15) is 34.4 Å². The third kappa shape index (κ3) is 5.52. The Morgan fingerprint density at radius 2 is 1.85 bits per heavy atom. The molecule has 1 unspecified atom stereocenters. The fraction of sp³-hybridized carbons (Fsp3) is 0.258. The number of carbonyl (C=O) groups is 2. The zero-order chi connectivity index (χ0) is 28.7. The summed E-state index contributed by atoms with van der Waals surface area (Å²) >= 11 is 3.50.